The number of phenols is 2. The standard InChI is InChI=1S/C14H13ClFNO2/c1-8(14-12(18)3-2-4-13(14)19)17-11-7-9(16)5-6-10(11)15/h2-8,17-19H,1H3. The van der Waals surface area contributed by atoms with Crippen LogP contribution in [0.5, 0.6) is 11.5 Å². The van der Waals surface area contributed by atoms with E-state index in [1.807, 2.05) is 0 Å². The average Bonchev–Trinajstić information content (AvgIpc) is 2.33. The van der Waals surface area contributed by atoms with Crippen LogP contribution >= 0.6 is 11.6 Å². The maximum atomic E-state index is 13.2. The van der Waals surface area contributed by atoms with Gasteiger partial charge in [0.15, 0.2) is 0 Å². The van der Waals surface area contributed by atoms with E-state index in [2.05, 4.69) is 5.32 Å². The quantitative estimate of drug-likeness (QED) is 0.795. The van der Waals surface area contributed by atoms with E-state index in [9.17, 15) is 14.6 Å². The van der Waals surface area contributed by atoms with Gasteiger partial charge in [-0.25, -0.2) is 4.39 Å². The second-order valence-electron chi connectivity index (χ2n) is 4.20. The molecule has 0 aromatic heterocycles. The molecule has 0 aliphatic rings. The summed E-state index contributed by atoms with van der Waals surface area (Å²) in [6.45, 7) is 1.73. The first-order valence-corrected chi connectivity index (χ1v) is 6.09. The van der Waals surface area contributed by atoms with Gasteiger partial charge in [-0.15, -0.1) is 0 Å². The van der Waals surface area contributed by atoms with E-state index in [1.54, 1.807) is 6.92 Å². The highest BCUT2D eigenvalue weighted by Crippen LogP contribution is 2.35. The third kappa shape index (κ3) is 2.90. The third-order valence-electron chi connectivity index (χ3n) is 2.79. The summed E-state index contributed by atoms with van der Waals surface area (Å²) in [5.41, 5.74) is 0.736. The fourth-order valence-electron chi connectivity index (χ4n) is 1.90. The van der Waals surface area contributed by atoms with Crippen molar-refractivity contribution in [1.82, 2.24) is 0 Å². The van der Waals surface area contributed by atoms with E-state index in [4.69, 9.17) is 11.6 Å². The molecule has 1 unspecified atom stereocenters. The molecule has 3 nitrogen and oxygen atoms in total. The minimum absolute atomic E-state index is 0.0347. The Morgan fingerprint density at radius 1 is 1.16 bits per heavy atom. The molecule has 100 valence electrons. The molecule has 0 fully saturated rings. The number of benzene rings is 2. The van der Waals surface area contributed by atoms with E-state index in [-0.39, 0.29) is 11.5 Å². The van der Waals surface area contributed by atoms with Gasteiger partial charge in [-0.1, -0.05) is 17.7 Å². The summed E-state index contributed by atoms with van der Waals surface area (Å²) < 4.78 is 13.2. The van der Waals surface area contributed by atoms with Crippen LogP contribution in [0.4, 0.5) is 10.1 Å². The second kappa shape index (κ2) is 5.36. The van der Waals surface area contributed by atoms with E-state index in [1.165, 1.54) is 36.4 Å². The molecule has 19 heavy (non-hydrogen) atoms. The van der Waals surface area contributed by atoms with E-state index in [0.29, 0.717) is 16.3 Å². The van der Waals surface area contributed by atoms with Crippen LogP contribution in [0.1, 0.15) is 18.5 Å². The lowest BCUT2D eigenvalue weighted by Crippen LogP contribution is -2.07. The SMILES string of the molecule is CC(Nc1cc(F)ccc1Cl)c1c(O)cccc1O. The maximum absolute atomic E-state index is 13.2. The third-order valence-corrected chi connectivity index (χ3v) is 3.12. The van der Waals surface area contributed by atoms with Crippen LogP contribution in [0.15, 0.2) is 36.4 Å². The summed E-state index contributed by atoms with van der Waals surface area (Å²) in [5, 5.41) is 22.8. The van der Waals surface area contributed by atoms with Crippen LogP contribution < -0.4 is 5.32 Å². The predicted octanol–water partition coefficient (Wildman–Crippen LogP) is 4.06. The Morgan fingerprint density at radius 3 is 2.42 bits per heavy atom. The normalized spacial score (nSPS) is 12.2. The number of aromatic hydroxyl groups is 2. The minimum Gasteiger partial charge on any atom is -0.507 e. The molecular formula is C14H13ClFNO2. The molecule has 0 heterocycles. The molecule has 2 aromatic rings. The van der Waals surface area contributed by atoms with Crippen LogP contribution in [0.25, 0.3) is 0 Å². The van der Waals surface area contributed by atoms with Gasteiger partial charge in [0.2, 0.25) is 0 Å². The number of halogens is 2. The van der Waals surface area contributed by atoms with Gasteiger partial charge >= 0.3 is 0 Å². The predicted molar refractivity (Wildman–Crippen MR) is 73.2 cm³/mol. The number of rotatable bonds is 3. The highest BCUT2D eigenvalue weighted by molar-refractivity contribution is 6.33. The summed E-state index contributed by atoms with van der Waals surface area (Å²) in [6.07, 6.45) is 0. The summed E-state index contributed by atoms with van der Waals surface area (Å²) in [5.74, 6) is -0.486. The second-order valence-corrected chi connectivity index (χ2v) is 4.61. The van der Waals surface area contributed by atoms with Crippen LogP contribution in [-0.4, -0.2) is 10.2 Å². The Kier molecular flexibility index (Phi) is 3.81. The molecule has 0 saturated carbocycles. The molecule has 0 amide bonds. The fraction of sp³-hybridized carbons (Fsp3) is 0.143. The molecule has 5 heteroatoms. The topological polar surface area (TPSA) is 52.5 Å². The summed E-state index contributed by atoms with van der Waals surface area (Å²) in [7, 11) is 0. The lowest BCUT2D eigenvalue weighted by Gasteiger charge is -2.18. The lowest BCUT2D eigenvalue weighted by molar-refractivity contribution is 0.434. The highest BCUT2D eigenvalue weighted by atomic mass is 35.5. The fourth-order valence-corrected chi connectivity index (χ4v) is 2.07. The van der Waals surface area contributed by atoms with Crippen molar-refractivity contribution in [2.75, 3.05) is 5.32 Å². The Bertz CT molecular complexity index is 584. The molecule has 0 aliphatic heterocycles. The molecule has 2 rings (SSSR count). The van der Waals surface area contributed by atoms with Gasteiger partial charge in [-0.2, -0.15) is 0 Å². The minimum atomic E-state index is -0.430. The number of anilines is 1. The van der Waals surface area contributed by atoms with Gasteiger partial charge < -0.3 is 15.5 Å². The van der Waals surface area contributed by atoms with Crippen LogP contribution in [0.3, 0.4) is 0 Å². The van der Waals surface area contributed by atoms with Crippen molar-refractivity contribution in [3.05, 3.63) is 52.8 Å². The molecular weight excluding hydrogens is 269 g/mol. The van der Waals surface area contributed by atoms with Crippen molar-refractivity contribution in [2.45, 2.75) is 13.0 Å². The molecule has 0 spiro atoms. The van der Waals surface area contributed by atoms with Crippen molar-refractivity contribution in [3.63, 3.8) is 0 Å². The Morgan fingerprint density at radius 2 is 1.79 bits per heavy atom. The first kappa shape index (κ1) is 13.5. The van der Waals surface area contributed by atoms with E-state index >= 15 is 0 Å². The molecule has 0 aliphatic carbocycles. The van der Waals surface area contributed by atoms with Gasteiger partial charge in [0.1, 0.15) is 17.3 Å². The zero-order valence-corrected chi connectivity index (χ0v) is 10.9. The van der Waals surface area contributed by atoms with Crippen molar-refractivity contribution in [2.24, 2.45) is 0 Å². The summed E-state index contributed by atoms with van der Waals surface area (Å²) in [4.78, 5) is 0. The number of phenolic OH excluding ortho intramolecular Hbond substituents is 2. The van der Waals surface area contributed by atoms with Crippen molar-refractivity contribution in [3.8, 4) is 11.5 Å². The maximum Gasteiger partial charge on any atom is 0.125 e. The van der Waals surface area contributed by atoms with Gasteiger partial charge in [-0.05, 0) is 37.3 Å². The van der Waals surface area contributed by atoms with E-state index in [0.717, 1.165) is 0 Å². The number of hydrogen-bond acceptors (Lipinski definition) is 3. The highest BCUT2D eigenvalue weighted by Gasteiger charge is 2.16. The first-order valence-electron chi connectivity index (χ1n) is 5.71. The summed E-state index contributed by atoms with van der Waals surface area (Å²) in [6, 6.07) is 8.01. The largest absolute Gasteiger partial charge is 0.507 e. The lowest BCUT2D eigenvalue weighted by atomic mass is 10.1. The average molecular weight is 282 g/mol. The Hall–Kier alpha value is -1.94. The number of hydrogen-bond donors (Lipinski definition) is 3. The van der Waals surface area contributed by atoms with Crippen LogP contribution in [0, 0.1) is 5.82 Å². The molecule has 0 saturated heterocycles. The molecule has 3 N–H and O–H groups in total. The van der Waals surface area contributed by atoms with Gasteiger partial charge in [0.05, 0.1) is 22.3 Å². The van der Waals surface area contributed by atoms with E-state index < -0.39 is 11.9 Å². The summed E-state index contributed by atoms with van der Waals surface area (Å²) >= 11 is 5.95. The number of nitrogens with one attached hydrogen (secondary N) is 1. The molecule has 0 radical (unpaired) electrons. The molecule has 0 bridgehead atoms. The van der Waals surface area contributed by atoms with Gasteiger partial charge in [0, 0.05) is 0 Å². The monoisotopic (exact) mass is 281 g/mol. The molecule has 1 atom stereocenters. The Balaban J connectivity index is 2.31. The van der Waals surface area contributed by atoms with Crippen molar-refractivity contribution >= 4 is 17.3 Å². The van der Waals surface area contributed by atoms with Gasteiger partial charge in [0.25, 0.3) is 0 Å². The Labute approximate surface area is 115 Å². The zero-order valence-electron chi connectivity index (χ0n) is 10.2. The van der Waals surface area contributed by atoms with Crippen LogP contribution in [-0.2, 0) is 0 Å². The smallest absolute Gasteiger partial charge is 0.125 e. The van der Waals surface area contributed by atoms with Gasteiger partial charge in [-0.3, -0.25) is 0 Å². The zero-order chi connectivity index (χ0) is 14.0. The van der Waals surface area contributed by atoms with Crippen LogP contribution in [0.2, 0.25) is 5.02 Å². The first-order chi connectivity index (χ1) is 8.99. The van der Waals surface area contributed by atoms with Crippen molar-refractivity contribution < 1.29 is 14.6 Å². The van der Waals surface area contributed by atoms with Crippen molar-refractivity contribution in [1.29, 1.82) is 0 Å². The molecule has 2 aromatic carbocycles.